The van der Waals surface area contributed by atoms with Crippen molar-refractivity contribution >= 4 is 34.4 Å². The average Bonchev–Trinajstić information content (AvgIpc) is 2.85. The molecule has 2 aromatic rings. The van der Waals surface area contributed by atoms with Crippen LogP contribution in [-0.2, 0) is 0 Å². The monoisotopic (exact) mass is 308 g/mol. The molecule has 1 aliphatic rings. The van der Waals surface area contributed by atoms with Crippen molar-refractivity contribution in [2.75, 3.05) is 23.7 Å². The minimum atomic E-state index is 0.220. The SMILES string of the molecule is Nc1nccc(N2CCC[C@@H](N)C2)c1-c1ccc(Cl)s1. The van der Waals surface area contributed by atoms with E-state index in [2.05, 4.69) is 9.88 Å². The molecule has 1 aliphatic heterocycles. The fraction of sp³-hybridized carbons (Fsp3) is 0.357. The van der Waals surface area contributed by atoms with Crippen LogP contribution in [0.5, 0.6) is 0 Å². The summed E-state index contributed by atoms with van der Waals surface area (Å²) in [7, 11) is 0. The van der Waals surface area contributed by atoms with Crippen LogP contribution in [0.1, 0.15) is 12.8 Å². The van der Waals surface area contributed by atoms with Crippen LogP contribution in [-0.4, -0.2) is 24.1 Å². The van der Waals surface area contributed by atoms with Gasteiger partial charge in [-0.3, -0.25) is 0 Å². The Balaban J connectivity index is 2.04. The summed E-state index contributed by atoms with van der Waals surface area (Å²) in [6, 6.07) is 6.11. The van der Waals surface area contributed by atoms with E-state index in [1.807, 2.05) is 18.2 Å². The summed E-state index contributed by atoms with van der Waals surface area (Å²) in [5, 5.41) is 0. The van der Waals surface area contributed by atoms with Crippen LogP contribution >= 0.6 is 22.9 Å². The summed E-state index contributed by atoms with van der Waals surface area (Å²) in [6.45, 7) is 1.86. The molecule has 20 heavy (non-hydrogen) atoms. The number of halogens is 1. The third-order valence-corrected chi connectivity index (χ3v) is 4.83. The van der Waals surface area contributed by atoms with Crippen molar-refractivity contribution in [2.24, 2.45) is 5.73 Å². The van der Waals surface area contributed by atoms with Gasteiger partial charge in [0.2, 0.25) is 0 Å². The molecule has 0 unspecified atom stereocenters. The zero-order valence-corrected chi connectivity index (χ0v) is 12.6. The van der Waals surface area contributed by atoms with Crippen molar-refractivity contribution in [3.63, 3.8) is 0 Å². The Hall–Kier alpha value is -1.30. The molecule has 0 saturated carbocycles. The molecule has 2 aromatic heterocycles. The van der Waals surface area contributed by atoms with E-state index < -0.39 is 0 Å². The molecular formula is C14H17ClN4S. The number of nitrogens with two attached hydrogens (primary N) is 2. The second-order valence-electron chi connectivity index (χ2n) is 5.04. The van der Waals surface area contributed by atoms with Crippen LogP contribution in [0.3, 0.4) is 0 Å². The number of anilines is 2. The Morgan fingerprint density at radius 2 is 2.20 bits per heavy atom. The molecule has 0 aliphatic carbocycles. The molecule has 0 amide bonds. The molecule has 0 bridgehead atoms. The Morgan fingerprint density at radius 1 is 1.35 bits per heavy atom. The zero-order chi connectivity index (χ0) is 14.1. The molecule has 0 spiro atoms. The van der Waals surface area contributed by atoms with Crippen LogP contribution in [0.4, 0.5) is 11.5 Å². The summed E-state index contributed by atoms with van der Waals surface area (Å²) < 4.78 is 0.754. The predicted molar refractivity (Wildman–Crippen MR) is 86.4 cm³/mol. The van der Waals surface area contributed by atoms with Crippen molar-refractivity contribution in [3.05, 3.63) is 28.7 Å². The van der Waals surface area contributed by atoms with Gasteiger partial charge in [-0.25, -0.2) is 4.98 Å². The standard InChI is InChI=1S/C14H17ClN4S/c15-12-4-3-11(20-12)13-10(5-6-18-14(13)17)19-7-1-2-9(16)8-19/h3-6,9H,1-2,7-8,16H2,(H2,17,18)/t9-/m1/s1. The van der Waals surface area contributed by atoms with E-state index in [-0.39, 0.29) is 6.04 Å². The molecule has 4 nitrogen and oxygen atoms in total. The number of pyridine rings is 1. The van der Waals surface area contributed by atoms with Gasteiger partial charge in [-0.2, -0.15) is 0 Å². The topological polar surface area (TPSA) is 68.2 Å². The Labute approximate surface area is 127 Å². The van der Waals surface area contributed by atoms with E-state index in [4.69, 9.17) is 23.1 Å². The first-order chi connectivity index (χ1) is 9.65. The molecule has 0 radical (unpaired) electrons. The van der Waals surface area contributed by atoms with E-state index in [0.717, 1.165) is 46.4 Å². The van der Waals surface area contributed by atoms with Crippen molar-refractivity contribution in [3.8, 4) is 10.4 Å². The van der Waals surface area contributed by atoms with Gasteiger partial charge in [0.1, 0.15) is 5.82 Å². The van der Waals surface area contributed by atoms with Crippen molar-refractivity contribution in [1.29, 1.82) is 0 Å². The molecule has 1 atom stereocenters. The number of hydrogen-bond donors (Lipinski definition) is 2. The van der Waals surface area contributed by atoms with Crippen LogP contribution in [0.25, 0.3) is 10.4 Å². The van der Waals surface area contributed by atoms with Gasteiger partial charge in [0, 0.05) is 30.2 Å². The highest BCUT2D eigenvalue weighted by Gasteiger charge is 2.22. The molecule has 106 valence electrons. The van der Waals surface area contributed by atoms with E-state index in [1.165, 1.54) is 11.3 Å². The summed E-state index contributed by atoms with van der Waals surface area (Å²) in [5.41, 5.74) is 14.3. The summed E-state index contributed by atoms with van der Waals surface area (Å²) in [6.07, 6.45) is 3.94. The van der Waals surface area contributed by atoms with Gasteiger partial charge < -0.3 is 16.4 Å². The number of thiophene rings is 1. The Bertz CT molecular complexity index is 613. The molecule has 1 saturated heterocycles. The van der Waals surface area contributed by atoms with E-state index in [0.29, 0.717) is 5.82 Å². The third-order valence-electron chi connectivity index (χ3n) is 3.58. The zero-order valence-electron chi connectivity index (χ0n) is 11.1. The minimum Gasteiger partial charge on any atom is -0.383 e. The maximum Gasteiger partial charge on any atom is 0.134 e. The van der Waals surface area contributed by atoms with Gasteiger partial charge in [-0.15, -0.1) is 11.3 Å². The number of rotatable bonds is 2. The summed E-state index contributed by atoms with van der Waals surface area (Å²) in [5.74, 6) is 0.542. The van der Waals surface area contributed by atoms with Gasteiger partial charge in [-0.05, 0) is 31.0 Å². The van der Waals surface area contributed by atoms with Crippen LogP contribution in [0, 0.1) is 0 Å². The lowest BCUT2D eigenvalue weighted by molar-refractivity contribution is 0.506. The minimum absolute atomic E-state index is 0.220. The number of nitrogen functional groups attached to an aromatic ring is 1. The molecule has 0 aromatic carbocycles. The lowest BCUT2D eigenvalue weighted by Crippen LogP contribution is -2.43. The highest BCUT2D eigenvalue weighted by molar-refractivity contribution is 7.19. The van der Waals surface area contributed by atoms with Crippen molar-refractivity contribution in [1.82, 2.24) is 4.98 Å². The smallest absolute Gasteiger partial charge is 0.134 e. The second kappa shape index (κ2) is 5.60. The van der Waals surface area contributed by atoms with E-state index >= 15 is 0 Å². The molecule has 1 fully saturated rings. The predicted octanol–water partition coefficient (Wildman–Crippen LogP) is 2.97. The largest absolute Gasteiger partial charge is 0.383 e. The number of piperidine rings is 1. The first-order valence-corrected chi connectivity index (χ1v) is 7.85. The quantitative estimate of drug-likeness (QED) is 0.895. The first-order valence-electron chi connectivity index (χ1n) is 6.66. The van der Waals surface area contributed by atoms with Crippen LogP contribution in [0.2, 0.25) is 4.34 Å². The van der Waals surface area contributed by atoms with Crippen LogP contribution < -0.4 is 16.4 Å². The lowest BCUT2D eigenvalue weighted by Gasteiger charge is -2.34. The fourth-order valence-electron chi connectivity index (χ4n) is 2.66. The average molecular weight is 309 g/mol. The van der Waals surface area contributed by atoms with Crippen molar-refractivity contribution < 1.29 is 0 Å². The maximum absolute atomic E-state index is 6.10. The van der Waals surface area contributed by atoms with Gasteiger partial charge in [0.05, 0.1) is 15.6 Å². The highest BCUT2D eigenvalue weighted by Crippen LogP contribution is 2.40. The lowest BCUT2D eigenvalue weighted by atomic mass is 10.0. The molecule has 4 N–H and O–H groups in total. The molecule has 6 heteroatoms. The summed E-state index contributed by atoms with van der Waals surface area (Å²) >= 11 is 7.57. The second-order valence-corrected chi connectivity index (χ2v) is 6.76. The Kier molecular flexibility index (Phi) is 3.83. The van der Waals surface area contributed by atoms with Gasteiger partial charge >= 0.3 is 0 Å². The molecular weight excluding hydrogens is 292 g/mol. The molecule has 3 heterocycles. The van der Waals surface area contributed by atoms with Crippen LogP contribution in [0.15, 0.2) is 24.4 Å². The normalized spacial score (nSPS) is 19.3. The third kappa shape index (κ3) is 2.61. The van der Waals surface area contributed by atoms with Gasteiger partial charge in [0.25, 0.3) is 0 Å². The number of hydrogen-bond acceptors (Lipinski definition) is 5. The van der Waals surface area contributed by atoms with E-state index in [9.17, 15) is 0 Å². The number of aromatic nitrogens is 1. The maximum atomic E-state index is 6.10. The molecule has 3 rings (SSSR count). The fourth-order valence-corrected chi connectivity index (χ4v) is 3.77. The van der Waals surface area contributed by atoms with E-state index in [1.54, 1.807) is 6.20 Å². The summed E-state index contributed by atoms with van der Waals surface area (Å²) in [4.78, 5) is 7.57. The first kappa shape index (κ1) is 13.7. The van der Waals surface area contributed by atoms with Crippen molar-refractivity contribution in [2.45, 2.75) is 18.9 Å². The highest BCUT2D eigenvalue weighted by atomic mass is 35.5. The number of nitrogens with zero attached hydrogens (tertiary/aromatic N) is 2. The Morgan fingerprint density at radius 3 is 2.90 bits per heavy atom. The van der Waals surface area contributed by atoms with Gasteiger partial charge in [0.15, 0.2) is 0 Å². The van der Waals surface area contributed by atoms with Gasteiger partial charge in [-0.1, -0.05) is 11.6 Å².